The Bertz CT molecular complexity index is 1360. The highest BCUT2D eigenvalue weighted by Gasteiger charge is 2.29. The minimum absolute atomic E-state index is 0.248. The van der Waals surface area contributed by atoms with Crippen LogP contribution in [-0.2, 0) is 5.41 Å². The van der Waals surface area contributed by atoms with E-state index in [0.717, 1.165) is 33.4 Å². The molecule has 0 saturated heterocycles. The van der Waals surface area contributed by atoms with Gasteiger partial charge in [-0.2, -0.15) is 0 Å². The Morgan fingerprint density at radius 1 is 0.429 bits per heavy atom. The zero-order valence-electron chi connectivity index (χ0n) is 19.9. The fourth-order valence-electron chi connectivity index (χ4n) is 4.69. The summed E-state index contributed by atoms with van der Waals surface area (Å²) in [6, 6.07) is 39.9. The molecule has 0 amide bonds. The van der Waals surface area contributed by atoms with E-state index in [2.05, 4.69) is 62.4 Å². The molecule has 4 aromatic carbocycles. The zero-order valence-corrected chi connectivity index (χ0v) is 19.9. The molecule has 0 aliphatic heterocycles. The van der Waals surface area contributed by atoms with Crippen LogP contribution in [0.25, 0.3) is 33.4 Å². The highest BCUT2D eigenvalue weighted by atomic mass is 16.3. The molecular weight excluding hydrogens is 428 g/mol. The maximum Gasteiger partial charge on any atom is 0.116 e. The molecule has 2 heteroatoms. The van der Waals surface area contributed by atoms with Gasteiger partial charge in [0.15, 0.2) is 0 Å². The standard InChI is InChI=1S/C27H24O2.C6H4/c1-27(2,25-15-13-21(28)17-23(25)19-9-5-3-6-10-19)26-16-14-22(29)18-24(26)20-11-7-4-8-12-20;1-2-5-4-6(5)3-1/h3-18,28-29H,1-2H3;1-4H. The molecule has 0 atom stereocenters. The first kappa shape index (κ1) is 22.5. The zero-order chi connectivity index (χ0) is 24.4. The van der Waals surface area contributed by atoms with Gasteiger partial charge >= 0.3 is 0 Å². The number of fused-ring (bicyclic) bond motifs is 1. The fourth-order valence-corrected chi connectivity index (χ4v) is 4.69. The van der Waals surface area contributed by atoms with E-state index in [1.165, 1.54) is 11.1 Å². The minimum atomic E-state index is -0.363. The summed E-state index contributed by atoms with van der Waals surface area (Å²) in [6.07, 6.45) is 0. The fraction of sp³-hybridized carbons (Fsp3) is 0.0909. The average Bonchev–Trinajstić information content (AvgIpc) is 3.49. The molecule has 0 fully saturated rings. The lowest BCUT2D eigenvalue weighted by Gasteiger charge is -2.31. The number of phenolic OH excluding ortho intramolecular Hbond substituents is 2. The van der Waals surface area contributed by atoms with Crippen LogP contribution in [0.1, 0.15) is 25.0 Å². The molecule has 0 spiro atoms. The lowest BCUT2D eigenvalue weighted by atomic mass is 9.72. The Morgan fingerprint density at radius 2 is 0.829 bits per heavy atom. The van der Waals surface area contributed by atoms with Gasteiger partial charge in [-0.3, -0.25) is 0 Å². The van der Waals surface area contributed by atoms with Crippen molar-refractivity contribution in [1.29, 1.82) is 0 Å². The molecule has 6 rings (SSSR count). The second-order valence-electron chi connectivity index (χ2n) is 9.40. The van der Waals surface area contributed by atoms with Gasteiger partial charge in [-0.1, -0.05) is 105 Å². The van der Waals surface area contributed by atoms with Gasteiger partial charge in [-0.15, -0.1) is 0 Å². The minimum Gasteiger partial charge on any atom is -0.508 e. The summed E-state index contributed by atoms with van der Waals surface area (Å²) in [7, 11) is 0. The second-order valence-corrected chi connectivity index (χ2v) is 9.40. The molecule has 35 heavy (non-hydrogen) atoms. The number of aromatic hydroxyl groups is 2. The molecule has 2 aliphatic carbocycles. The van der Waals surface area contributed by atoms with Gasteiger partial charge in [0.25, 0.3) is 0 Å². The number of hydrogen-bond donors (Lipinski definition) is 2. The highest BCUT2D eigenvalue weighted by molar-refractivity contribution is 5.80. The average molecular weight is 457 g/mol. The molecule has 2 aliphatic rings. The number of phenols is 2. The summed E-state index contributed by atoms with van der Waals surface area (Å²) >= 11 is 0. The van der Waals surface area contributed by atoms with Gasteiger partial charge in [0.05, 0.1) is 0 Å². The van der Waals surface area contributed by atoms with Crippen molar-refractivity contribution in [3.63, 3.8) is 0 Å². The lowest BCUT2D eigenvalue weighted by molar-refractivity contribution is 0.474. The molecule has 0 saturated carbocycles. The molecule has 0 heterocycles. The Balaban J connectivity index is 0.000000362. The summed E-state index contributed by atoms with van der Waals surface area (Å²) in [5.41, 5.74) is 8.85. The van der Waals surface area contributed by atoms with Gasteiger partial charge in [-0.25, -0.2) is 0 Å². The van der Waals surface area contributed by atoms with E-state index >= 15 is 0 Å². The number of benzene rings is 5. The van der Waals surface area contributed by atoms with E-state index in [-0.39, 0.29) is 16.9 Å². The van der Waals surface area contributed by atoms with Gasteiger partial charge in [0.2, 0.25) is 0 Å². The number of rotatable bonds is 4. The molecule has 0 bridgehead atoms. The van der Waals surface area contributed by atoms with Crippen LogP contribution in [0.5, 0.6) is 11.5 Å². The normalized spacial score (nSPS) is 11.4. The van der Waals surface area contributed by atoms with Crippen molar-refractivity contribution < 1.29 is 10.2 Å². The first-order valence-corrected chi connectivity index (χ1v) is 11.8. The van der Waals surface area contributed by atoms with E-state index in [1.54, 1.807) is 12.1 Å². The van der Waals surface area contributed by atoms with Crippen molar-refractivity contribution in [2.45, 2.75) is 19.3 Å². The van der Waals surface area contributed by atoms with E-state index in [0.29, 0.717) is 0 Å². The lowest BCUT2D eigenvalue weighted by Crippen LogP contribution is -2.21. The van der Waals surface area contributed by atoms with Gasteiger partial charge < -0.3 is 10.2 Å². The molecule has 2 N–H and O–H groups in total. The van der Waals surface area contributed by atoms with Crippen LogP contribution in [0, 0.1) is 0 Å². The predicted octanol–water partition coefficient (Wildman–Crippen LogP) is 8.42. The molecule has 172 valence electrons. The van der Waals surface area contributed by atoms with E-state index in [9.17, 15) is 10.2 Å². The number of hydrogen-bond acceptors (Lipinski definition) is 2. The van der Waals surface area contributed by atoms with Crippen molar-refractivity contribution in [3.8, 4) is 44.9 Å². The Morgan fingerprint density at radius 3 is 1.17 bits per heavy atom. The van der Waals surface area contributed by atoms with E-state index in [1.807, 2.05) is 60.7 Å². The molecule has 4 aromatic rings. The van der Waals surface area contributed by atoms with Crippen LogP contribution >= 0.6 is 0 Å². The maximum atomic E-state index is 10.2. The Kier molecular flexibility index (Phi) is 5.88. The van der Waals surface area contributed by atoms with Crippen LogP contribution in [0.15, 0.2) is 121 Å². The third-order valence-corrected chi connectivity index (χ3v) is 6.64. The first-order chi connectivity index (χ1) is 16.9. The second kappa shape index (κ2) is 9.15. The smallest absolute Gasteiger partial charge is 0.116 e. The van der Waals surface area contributed by atoms with Crippen molar-refractivity contribution >= 4 is 0 Å². The monoisotopic (exact) mass is 456 g/mol. The third kappa shape index (κ3) is 4.69. The van der Waals surface area contributed by atoms with Crippen molar-refractivity contribution in [3.05, 3.63) is 132 Å². The molecule has 0 radical (unpaired) electrons. The van der Waals surface area contributed by atoms with Crippen LogP contribution in [-0.4, -0.2) is 10.2 Å². The molecule has 0 unspecified atom stereocenters. The summed E-state index contributed by atoms with van der Waals surface area (Å²) in [6.45, 7) is 4.37. The van der Waals surface area contributed by atoms with Crippen LogP contribution in [0.4, 0.5) is 0 Å². The van der Waals surface area contributed by atoms with Crippen molar-refractivity contribution in [1.82, 2.24) is 0 Å². The Hall–Kier alpha value is -4.30. The van der Waals surface area contributed by atoms with Crippen LogP contribution < -0.4 is 0 Å². The first-order valence-electron chi connectivity index (χ1n) is 11.8. The quantitative estimate of drug-likeness (QED) is 0.279. The largest absolute Gasteiger partial charge is 0.508 e. The topological polar surface area (TPSA) is 40.5 Å². The molecule has 2 nitrogen and oxygen atoms in total. The maximum absolute atomic E-state index is 10.2. The van der Waals surface area contributed by atoms with Crippen molar-refractivity contribution in [2.24, 2.45) is 0 Å². The third-order valence-electron chi connectivity index (χ3n) is 6.64. The summed E-state index contributed by atoms with van der Waals surface area (Å²) in [5.74, 6) is 0.495. The van der Waals surface area contributed by atoms with E-state index in [4.69, 9.17) is 0 Å². The van der Waals surface area contributed by atoms with Crippen LogP contribution in [0.3, 0.4) is 0 Å². The highest BCUT2D eigenvalue weighted by Crippen LogP contribution is 2.43. The molecular formula is C33H28O2. The summed E-state index contributed by atoms with van der Waals surface area (Å²) < 4.78 is 0. The SMILES string of the molecule is CC(C)(c1ccc(O)cc1-c1ccccc1)c1ccc(O)cc1-c1ccccc1.c1cc2cc-2c1. The van der Waals surface area contributed by atoms with Gasteiger partial charge in [-0.05, 0) is 74.8 Å². The summed E-state index contributed by atoms with van der Waals surface area (Å²) in [5, 5.41) is 20.3. The summed E-state index contributed by atoms with van der Waals surface area (Å²) in [4.78, 5) is 0. The van der Waals surface area contributed by atoms with Gasteiger partial charge in [0, 0.05) is 5.41 Å². The molecule has 0 aromatic heterocycles. The van der Waals surface area contributed by atoms with Crippen molar-refractivity contribution in [2.75, 3.05) is 0 Å². The van der Waals surface area contributed by atoms with E-state index < -0.39 is 0 Å². The van der Waals surface area contributed by atoms with Crippen LogP contribution in [0.2, 0.25) is 0 Å². The predicted molar refractivity (Wildman–Crippen MR) is 145 cm³/mol. The van der Waals surface area contributed by atoms with Gasteiger partial charge in [0.1, 0.15) is 11.5 Å². The Labute approximate surface area is 206 Å².